The van der Waals surface area contributed by atoms with Gasteiger partial charge in [-0.05, 0) is 18.2 Å². The number of nitrogens with zero attached hydrogens (tertiary/aromatic N) is 5. The highest BCUT2D eigenvalue weighted by molar-refractivity contribution is 7.29. The number of rotatable bonds is 2. The predicted octanol–water partition coefficient (Wildman–Crippen LogP) is 9.92. The minimum absolute atomic E-state index is 0.661. The van der Waals surface area contributed by atoms with Crippen molar-refractivity contribution in [1.82, 2.24) is 24.5 Å². The molecule has 0 atom stereocenters. The van der Waals surface area contributed by atoms with Crippen LogP contribution < -0.4 is 0 Å². The summed E-state index contributed by atoms with van der Waals surface area (Å²) in [5.41, 5.74) is 6.10. The van der Waals surface area contributed by atoms with Crippen molar-refractivity contribution in [1.29, 1.82) is 0 Å². The fourth-order valence-electron chi connectivity index (χ4n) is 6.59. The average Bonchev–Trinajstić information content (AvgIpc) is 3.74. The van der Waals surface area contributed by atoms with Gasteiger partial charge in [-0.25, -0.2) is 19.9 Å². The minimum atomic E-state index is 0.661. The Bertz CT molecular complexity index is 2740. The molecule has 200 valence electrons. The number of fused-ring (bicyclic) bond motifs is 13. The van der Waals surface area contributed by atoms with E-state index in [0.29, 0.717) is 5.95 Å². The third-order valence-electron chi connectivity index (χ3n) is 8.36. The first-order valence-corrected chi connectivity index (χ1v) is 15.7. The topological polar surface area (TPSA) is 56.5 Å². The molecular formula is C36H19N5S2. The zero-order valence-corrected chi connectivity index (χ0v) is 24.2. The molecule has 0 saturated carbocycles. The molecule has 5 heterocycles. The maximum Gasteiger partial charge on any atom is 0.235 e. The maximum atomic E-state index is 5.33. The predicted molar refractivity (Wildman–Crippen MR) is 181 cm³/mol. The third kappa shape index (κ3) is 3.15. The number of para-hydroxylation sites is 2. The van der Waals surface area contributed by atoms with E-state index in [9.17, 15) is 0 Å². The lowest BCUT2D eigenvalue weighted by Gasteiger charge is -2.12. The number of benzene rings is 5. The van der Waals surface area contributed by atoms with Gasteiger partial charge in [0.2, 0.25) is 5.95 Å². The van der Waals surface area contributed by atoms with Gasteiger partial charge in [0.05, 0.1) is 37.2 Å². The van der Waals surface area contributed by atoms with Gasteiger partial charge in [0.25, 0.3) is 0 Å². The molecule has 0 radical (unpaired) electrons. The second-order valence-corrected chi connectivity index (χ2v) is 12.8. The minimum Gasteiger partial charge on any atom is -0.276 e. The van der Waals surface area contributed by atoms with Crippen molar-refractivity contribution in [3.63, 3.8) is 0 Å². The maximum absolute atomic E-state index is 5.33. The summed E-state index contributed by atoms with van der Waals surface area (Å²) in [6.45, 7) is 0. The van der Waals surface area contributed by atoms with E-state index in [1.807, 2.05) is 29.7 Å². The van der Waals surface area contributed by atoms with Gasteiger partial charge in [-0.3, -0.25) is 4.57 Å². The fourth-order valence-corrected chi connectivity index (χ4v) is 9.03. The second kappa shape index (κ2) is 8.64. The van der Waals surface area contributed by atoms with Gasteiger partial charge in [0, 0.05) is 53.5 Å². The van der Waals surface area contributed by atoms with E-state index in [2.05, 4.69) is 101 Å². The highest BCUT2D eigenvalue weighted by atomic mass is 32.1. The first kappa shape index (κ1) is 23.3. The first-order valence-electron chi connectivity index (χ1n) is 14.1. The van der Waals surface area contributed by atoms with Crippen LogP contribution in [0.15, 0.2) is 116 Å². The molecule has 0 aliphatic heterocycles. The summed E-state index contributed by atoms with van der Waals surface area (Å²) in [6.07, 6.45) is 3.60. The van der Waals surface area contributed by atoms with E-state index in [4.69, 9.17) is 15.0 Å². The lowest BCUT2D eigenvalue weighted by atomic mass is 10.0. The smallest absolute Gasteiger partial charge is 0.235 e. The summed E-state index contributed by atoms with van der Waals surface area (Å²) in [7, 11) is 0. The van der Waals surface area contributed by atoms with E-state index in [0.717, 1.165) is 43.4 Å². The molecule has 0 saturated heterocycles. The number of aromatic nitrogens is 5. The Morgan fingerprint density at radius 1 is 0.581 bits per heavy atom. The summed E-state index contributed by atoms with van der Waals surface area (Å²) < 4.78 is 7.06. The van der Waals surface area contributed by atoms with Crippen molar-refractivity contribution < 1.29 is 0 Å². The van der Waals surface area contributed by atoms with Crippen molar-refractivity contribution in [3.05, 3.63) is 116 Å². The van der Waals surface area contributed by atoms with E-state index in [1.54, 1.807) is 17.7 Å². The van der Waals surface area contributed by atoms with Crippen LogP contribution >= 0.6 is 22.7 Å². The monoisotopic (exact) mass is 585 g/mol. The van der Waals surface area contributed by atoms with Crippen LogP contribution in [-0.2, 0) is 0 Å². The van der Waals surface area contributed by atoms with Gasteiger partial charge < -0.3 is 0 Å². The van der Waals surface area contributed by atoms with E-state index in [1.165, 1.54) is 41.0 Å². The Hall–Kier alpha value is -5.24. The largest absolute Gasteiger partial charge is 0.276 e. The van der Waals surface area contributed by atoms with Crippen LogP contribution in [0, 0.1) is 0 Å². The molecule has 5 nitrogen and oxygen atoms in total. The molecule has 0 spiro atoms. The number of hydrogen-bond donors (Lipinski definition) is 0. The van der Waals surface area contributed by atoms with Gasteiger partial charge in [-0.2, -0.15) is 0 Å². The Morgan fingerprint density at radius 3 is 2.23 bits per heavy atom. The SMILES string of the molecule is c1ccc(-c2nc(-n3c4ccccc4c4c5sc6ccccc6c5c5c6ncncc6sc5c43)nc3ccccc23)cc1. The molecule has 0 bridgehead atoms. The van der Waals surface area contributed by atoms with Crippen LogP contribution in [0.2, 0.25) is 0 Å². The molecule has 0 aliphatic carbocycles. The van der Waals surface area contributed by atoms with Crippen LogP contribution in [0.1, 0.15) is 0 Å². The standard InChI is InChI=1S/C36H19N5S2/c1-2-10-20(11-3-1)31-21-12-4-7-15-24(21)39-36(40-31)41-25-16-8-5-13-22(25)29-33(41)35-30(32-27(43-35)18-37-19-38-32)28-23-14-6-9-17-26(23)42-34(28)29/h1-19H. The quantitative estimate of drug-likeness (QED) is 0.203. The van der Waals surface area contributed by atoms with E-state index >= 15 is 0 Å². The van der Waals surface area contributed by atoms with Gasteiger partial charge in [0.15, 0.2) is 0 Å². The number of hydrogen-bond acceptors (Lipinski definition) is 6. The molecule has 5 aromatic carbocycles. The summed E-state index contributed by atoms with van der Waals surface area (Å²) in [5, 5.41) is 7.16. The van der Waals surface area contributed by atoms with Crippen LogP contribution in [0.25, 0.3) is 90.4 Å². The van der Waals surface area contributed by atoms with Crippen molar-refractivity contribution in [2.24, 2.45) is 0 Å². The summed E-state index contributed by atoms with van der Waals surface area (Å²) >= 11 is 3.60. The van der Waals surface area contributed by atoms with Gasteiger partial charge >= 0.3 is 0 Å². The Morgan fingerprint density at radius 2 is 1.33 bits per heavy atom. The molecule has 7 heteroatoms. The Balaban J connectivity index is 1.48. The molecule has 0 amide bonds. The highest BCUT2D eigenvalue weighted by Crippen LogP contribution is 2.51. The molecule has 5 aromatic heterocycles. The highest BCUT2D eigenvalue weighted by Gasteiger charge is 2.26. The number of thiophene rings is 2. The molecule has 10 rings (SSSR count). The molecule has 10 aromatic rings. The van der Waals surface area contributed by atoms with Gasteiger partial charge in [-0.15, -0.1) is 22.7 Å². The van der Waals surface area contributed by atoms with Crippen molar-refractivity contribution in [3.8, 4) is 17.2 Å². The van der Waals surface area contributed by atoms with Crippen molar-refractivity contribution >= 4 is 95.9 Å². The second-order valence-electron chi connectivity index (χ2n) is 10.7. The summed E-state index contributed by atoms with van der Waals surface area (Å²) in [5.74, 6) is 0.661. The average molecular weight is 586 g/mol. The summed E-state index contributed by atoms with van der Waals surface area (Å²) in [4.78, 5) is 19.8. The molecule has 0 N–H and O–H groups in total. The van der Waals surface area contributed by atoms with Crippen molar-refractivity contribution in [2.45, 2.75) is 0 Å². The zero-order valence-electron chi connectivity index (χ0n) is 22.5. The van der Waals surface area contributed by atoms with Crippen molar-refractivity contribution in [2.75, 3.05) is 0 Å². The third-order valence-corrected chi connectivity index (χ3v) is 10.7. The molecular weight excluding hydrogens is 567 g/mol. The summed E-state index contributed by atoms with van der Waals surface area (Å²) in [6, 6.07) is 36.1. The van der Waals surface area contributed by atoms with Crippen LogP contribution in [0.3, 0.4) is 0 Å². The lowest BCUT2D eigenvalue weighted by molar-refractivity contribution is 1.02. The van der Waals surface area contributed by atoms with Gasteiger partial charge in [-0.1, -0.05) is 84.9 Å². The normalized spacial score (nSPS) is 12.2. The first-order chi connectivity index (χ1) is 21.3. The Kier molecular flexibility index (Phi) is 4.69. The van der Waals surface area contributed by atoms with Gasteiger partial charge in [0.1, 0.15) is 6.33 Å². The van der Waals surface area contributed by atoms with Crippen LogP contribution in [0.4, 0.5) is 0 Å². The van der Waals surface area contributed by atoms with E-state index < -0.39 is 0 Å². The van der Waals surface area contributed by atoms with Crippen LogP contribution in [0.5, 0.6) is 0 Å². The molecule has 0 aliphatic rings. The van der Waals surface area contributed by atoms with E-state index in [-0.39, 0.29) is 0 Å². The Labute approximate surface area is 252 Å². The lowest BCUT2D eigenvalue weighted by Crippen LogP contribution is -2.03. The molecule has 43 heavy (non-hydrogen) atoms. The van der Waals surface area contributed by atoms with Crippen LogP contribution in [-0.4, -0.2) is 24.5 Å². The fraction of sp³-hybridized carbons (Fsp3) is 0. The molecule has 0 unspecified atom stereocenters. The molecule has 0 fully saturated rings. The zero-order chi connectivity index (χ0) is 28.1.